The Morgan fingerprint density at radius 2 is 1.32 bits per heavy atom. The maximum Gasteiger partial charge on any atom is 0.414 e. The van der Waals surface area contributed by atoms with E-state index in [0.29, 0.717) is 13.1 Å². The number of nitrogens with one attached hydrogen (secondary N) is 2. The molecule has 3 aromatic rings. The third-order valence-corrected chi connectivity index (χ3v) is 5.41. The number of carbonyl (C=O) groups excluding carboxylic acids is 1. The van der Waals surface area contributed by atoms with E-state index in [1.54, 1.807) is 12.1 Å². The topological polar surface area (TPSA) is 213 Å². The minimum Gasteiger partial charge on any atom is -0.473 e. The van der Waals surface area contributed by atoms with Gasteiger partial charge < -0.3 is 30.7 Å². The second-order valence-electron chi connectivity index (χ2n) is 8.38. The summed E-state index contributed by atoms with van der Waals surface area (Å²) >= 11 is 0. The first kappa shape index (κ1) is 31.3. The summed E-state index contributed by atoms with van der Waals surface area (Å²) in [7, 11) is 0. The largest absolute Gasteiger partial charge is 0.473 e. The van der Waals surface area contributed by atoms with Gasteiger partial charge in [-0.3, -0.25) is 14.6 Å². The van der Waals surface area contributed by atoms with Crippen LogP contribution in [0.2, 0.25) is 0 Å². The number of piperazine rings is 1. The molecule has 6 N–H and O–H groups in total. The van der Waals surface area contributed by atoms with E-state index in [0.717, 1.165) is 55.1 Å². The maximum atomic E-state index is 12.9. The number of H-pyrrole nitrogens is 1. The van der Waals surface area contributed by atoms with Crippen LogP contribution in [0.4, 0.5) is 4.39 Å². The Morgan fingerprint density at radius 3 is 1.85 bits per heavy atom. The summed E-state index contributed by atoms with van der Waals surface area (Å²) in [5.41, 5.74) is 2.95. The molecule has 2 heterocycles. The molecule has 214 valence electrons. The second kappa shape index (κ2) is 15.5. The van der Waals surface area contributed by atoms with Gasteiger partial charge in [0, 0.05) is 32.7 Å². The Kier molecular flexibility index (Phi) is 12.1. The predicted molar refractivity (Wildman–Crippen MR) is 137 cm³/mol. The van der Waals surface area contributed by atoms with Gasteiger partial charge in [-0.15, -0.1) is 0 Å². The van der Waals surface area contributed by atoms with Gasteiger partial charge in [-0.1, -0.05) is 24.3 Å². The monoisotopic (exact) mass is 561 g/mol. The lowest BCUT2D eigenvalue weighted by Gasteiger charge is -2.33. The fourth-order valence-corrected chi connectivity index (χ4v) is 3.46. The first-order valence-corrected chi connectivity index (χ1v) is 11.8. The van der Waals surface area contributed by atoms with Crippen molar-refractivity contribution in [3.05, 3.63) is 65.7 Å². The van der Waals surface area contributed by atoms with Crippen LogP contribution >= 0.6 is 0 Å². The molecule has 2 aromatic carbocycles. The van der Waals surface area contributed by atoms with Crippen molar-refractivity contribution in [1.82, 2.24) is 25.1 Å². The predicted octanol–water partition coefficient (Wildman–Crippen LogP) is 0.447. The number of carbonyl (C=O) groups is 5. The number of rotatable bonds is 6. The molecule has 0 spiro atoms. The van der Waals surface area contributed by atoms with Crippen LogP contribution in [0.5, 0.6) is 0 Å². The van der Waals surface area contributed by atoms with Crippen molar-refractivity contribution in [2.75, 3.05) is 32.7 Å². The van der Waals surface area contributed by atoms with Gasteiger partial charge in [0.15, 0.2) is 0 Å². The molecule has 0 atom stereocenters. The zero-order valence-electron chi connectivity index (χ0n) is 21.1. The van der Waals surface area contributed by atoms with Gasteiger partial charge in [0.1, 0.15) is 11.6 Å². The Labute approximate surface area is 226 Å². The van der Waals surface area contributed by atoms with E-state index in [-0.39, 0.29) is 11.7 Å². The molecule has 1 fully saturated rings. The lowest BCUT2D eigenvalue weighted by atomic mass is 10.2. The molecular formula is C25H28FN5O9. The number of imidazole rings is 1. The zero-order valence-corrected chi connectivity index (χ0v) is 21.1. The van der Waals surface area contributed by atoms with Crippen LogP contribution in [-0.4, -0.2) is 103 Å². The third-order valence-electron chi connectivity index (χ3n) is 5.41. The minimum absolute atomic E-state index is 0.00457. The summed E-state index contributed by atoms with van der Waals surface area (Å²) < 4.78 is 12.9. The molecule has 1 aliphatic heterocycles. The second-order valence-corrected chi connectivity index (χ2v) is 8.38. The van der Waals surface area contributed by atoms with E-state index in [1.807, 2.05) is 24.3 Å². The van der Waals surface area contributed by atoms with Crippen LogP contribution < -0.4 is 5.32 Å². The van der Waals surface area contributed by atoms with E-state index in [1.165, 1.54) is 12.1 Å². The van der Waals surface area contributed by atoms with Gasteiger partial charge in [-0.25, -0.2) is 28.6 Å². The number of nitrogens with zero attached hydrogens (tertiary/aromatic N) is 3. The highest BCUT2D eigenvalue weighted by Gasteiger charge is 2.20. The highest BCUT2D eigenvalue weighted by molar-refractivity contribution is 6.27. The number of fused-ring (bicyclic) bond motifs is 1. The zero-order chi connectivity index (χ0) is 29.7. The van der Waals surface area contributed by atoms with Crippen LogP contribution in [0.3, 0.4) is 0 Å². The number of aliphatic carboxylic acids is 4. The molecule has 1 amide bonds. The molecule has 0 aliphatic carbocycles. The number of aromatic amines is 1. The first-order valence-electron chi connectivity index (χ1n) is 11.8. The van der Waals surface area contributed by atoms with Gasteiger partial charge in [-0.2, -0.15) is 0 Å². The summed E-state index contributed by atoms with van der Waals surface area (Å²) in [6, 6.07) is 14.2. The molecule has 1 aromatic heterocycles. The van der Waals surface area contributed by atoms with Crippen LogP contribution in [-0.2, 0) is 37.1 Å². The Hall–Kier alpha value is -4.89. The summed E-state index contributed by atoms with van der Waals surface area (Å²) in [6.07, 6.45) is 0. The van der Waals surface area contributed by atoms with Crippen molar-refractivity contribution in [3.63, 3.8) is 0 Å². The minimum atomic E-state index is -1.82. The van der Waals surface area contributed by atoms with Crippen molar-refractivity contribution in [1.29, 1.82) is 0 Å². The van der Waals surface area contributed by atoms with Crippen molar-refractivity contribution in [3.8, 4) is 0 Å². The number of benzene rings is 2. The lowest BCUT2D eigenvalue weighted by Crippen LogP contribution is -2.49. The molecule has 0 unspecified atom stereocenters. The van der Waals surface area contributed by atoms with Crippen molar-refractivity contribution in [2.24, 2.45) is 0 Å². The molecule has 40 heavy (non-hydrogen) atoms. The molecule has 0 radical (unpaired) electrons. The standard InChI is InChI=1S/C21H24FN5O.2C2H2O4/c22-17-7-5-16(6-8-17)13-23-21(28)15-27-11-9-26(10-12-27)14-20-24-18-3-1-2-4-19(18)25-20;2*3-1(4)2(5)6/h1-8H,9-15H2,(H,23,28)(H,24,25);2*(H,3,4)(H,5,6). The van der Waals surface area contributed by atoms with Crippen molar-refractivity contribution >= 4 is 40.8 Å². The third kappa shape index (κ3) is 11.2. The van der Waals surface area contributed by atoms with Gasteiger partial charge in [-0.05, 0) is 29.8 Å². The van der Waals surface area contributed by atoms with E-state index in [9.17, 15) is 9.18 Å². The van der Waals surface area contributed by atoms with Crippen LogP contribution in [0.15, 0.2) is 48.5 Å². The smallest absolute Gasteiger partial charge is 0.414 e. The lowest BCUT2D eigenvalue weighted by molar-refractivity contribution is -0.159. The quantitative estimate of drug-likeness (QED) is 0.226. The summed E-state index contributed by atoms with van der Waals surface area (Å²) in [5.74, 6) is -6.59. The van der Waals surface area contributed by atoms with Gasteiger partial charge in [0.2, 0.25) is 5.91 Å². The fraction of sp³-hybridized carbons (Fsp3) is 0.280. The number of hydrogen-bond donors (Lipinski definition) is 6. The molecule has 1 aliphatic rings. The van der Waals surface area contributed by atoms with Crippen LogP contribution in [0.1, 0.15) is 11.4 Å². The number of amides is 1. The fourth-order valence-electron chi connectivity index (χ4n) is 3.46. The molecule has 0 saturated carbocycles. The number of carboxylic acids is 4. The average molecular weight is 562 g/mol. The van der Waals surface area contributed by atoms with Crippen LogP contribution in [0, 0.1) is 5.82 Å². The number of hydrogen-bond acceptors (Lipinski definition) is 8. The first-order chi connectivity index (χ1) is 18.9. The molecule has 1 saturated heterocycles. The Morgan fingerprint density at radius 1 is 0.800 bits per heavy atom. The molecular weight excluding hydrogens is 533 g/mol. The van der Waals surface area contributed by atoms with Gasteiger partial charge in [0.05, 0.1) is 24.1 Å². The van der Waals surface area contributed by atoms with E-state index in [2.05, 4.69) is 25.1 Å². The van der Waals surface area contributed by atoms with E-state index < -0.39 is 23.9 Å². The summed E-state index contributed by atoms with van der Waals surface area (Å²) in [6.45, 7) is 5.11. The summed E-state index contributed by atoms with van der Waals surface area (Å²) in [5, 5.41) is 32.5. The average Bonchev–Trinajstić information content (AvgIpc) is 3.32. The van der Waals surface area contributed by atoms with Crippen LogP contribution in [0.25, 0.3) is 11.0 Å². The van der Waals surface area contributed by atoms with Crippen molar-refractivity contribution in [2.45, 2.75) is 13.1 Å². The Bertz CT molecular complexity index is 1240. The van der Waals surface area contributed by atoms with Gasteiger partial charge >= 0.3 is 23.9 Å². The molecule has 4 rings (SSSR count). The SMILES string of the molecule is O=C(CN1CCN(Cc2nc3ccccc3[nH]2)CC1)NCc1ccc(F)cc1.O=C(O)C(=O)O.O=C(O)C(=O)O. The number of carboxylic acid groups (broad SMARTS) is 4. The van der Waals surface area contributed by atoms with Gasteiger partial charge in [0.25, 0.3) is 0 Å². The molecule has 15 heteroatoms. The van der Waals surface area contributed by atoms with E-state index >= 15 is 0 Å². The number of halogens is 1. The maximum absolute atomic E-state index is 12.9. The van der Waals surface area contributed by atoms with Crippen molar-refractivity contribution < 1.29 is 48.8 Å². The number of aromatic nitrogens is 2. The number of para-hydroxylation sites is 2. The highest BCUT2D eigenvalue weighted by atomic mass is 19.1. The molecule has 14 nitrogen and oxygen atoms in total. The normalized spacial score (nSPS) is 13.2. The summed E-state index contributed by atoms with van der Waals surface area (Å²) in [4.78, 5) is 61.1. The highest BCUT2D eigenvalue weighted by Crippen LogP contribution is 2.13. The Balaban J connectivity index is 0.000000393. The molecule has 0 bridgehead atoms. The van der Waals surface area contributed by atoms with E-state index in [4.69, 9.17) is 39.6 Å².